The first-order chi connectivity index (χ1) is 13.7. The lowest BCUT2D eigenvalue weighted by Gasteiger charge is -2.08. The van der Waals surface area contributed by atoms with E-state index in [-0.39, 0.29) is 12.3 Å². The second-order valence-electron chi connectivity index (χ2n) is 6.55. The summed E-state index contributed by atoms with van der Waals surface area (Å²) in [6.07, 6.45) is 1.99. The standard InChI is InChI=1S/C24H20N2O2/c1-28-20-12-10-17(11-13-20)14-24(27)26-25-16-23-21-8-4-2-6-18(21)15-19-7-3-5-9-22(19)23/h2-13,15-16H,14H2,1H3,(H,26,27). The molecular weight excluding hydrogens is 348 g/mol. The Hall–Kier alpha value is -3.66. The Bertz CT molecular complexity index is 1110. The zero-order chi connectivity index (χ0) is 19.3. The van der Waals surface area contributed by atoms with Gasteiger partial charge in [0, 0.05) is 5.56 Å². The predicted octanol–water partition coefficient (Wildman–Crippen LogP) is 4.69. The summed E-state index contributed by atoms with van der Waals surface area (Å²) in [7, 11) is 1.62. The van der Waals surface area contributed by atoms with Crippen LogP contribution in [-0.4, -0.2) is 19.2 Å². The fourth-order valence-corrected chi connectivity index (χ4v) is 3.33. The number of carbonyl (C=O) groups is 1. The number of ether oxygens (including phenoxy) is 1. The molecule has 28 heavy (non-hydrogen) atoms. The molecule has 0 aliphatic rings. The van der Waals surface area contributed by atoms with Gasteiger partial charge in [-0.15, -0.1) is 0 Å². The van der Waals surface area contributed by atoms with Crippen LogP contribution in [-0.2, 0) is 11.2 Å². The van der Waals surface area contributed by atoms with Crippen molar-refractivity contribution in [3.05, 3.63) is 90.0 Å². The van der Waals surface area contributed by atoms with E-state index in [2.05, 4.69) is 40.9 Å². The molecule has 4 rings (SSSR count). The lowest BCUT2D eigenvalue weighted by molar-refractivity contribution is -0.120. The molecule has 0 heterocycles. The van der Waals surface area contributed by atoms with Gasteiger partial charge in [-0.25, -0.2) is 5.43 Å². The molecule has 4 nitrogen and oxygen atoms in total. The molecule has 0 saturated carbocycles. The third-order valence-electron chi connectivity index (χ3n) is 4.72. The van der Waals surface area contributed by atoms with Gasteiger partial charge in [0.2, 0.25) is 5.91 Å². The molecule has 0 unspecified atom stereocenters. The second-order valence-corrected chi connectivity index (χ2v) is 6.55. The summed E-state index contributed by atoms with van der Waals surface area (Å²) in [5.41, 5.74) is 4.54. The van der Waals surface area contributed by atoms with Gasteiger partial charge < -0.3 is 4.74 Å². The number of nitrogens with one attached hydrogen (secondary N) is 1. The Kier molecular flexibility index (Phi) is 5.02. The monoisotopic (exact) mass is 368 g/mol. The van der Waals surface area contributed by atoms with E-state index in [4.69, 9.17) is 4.74 Å². The summed E-state index contributed by atoms with van der Waals surface area (Å²) in [6.45, 7) is 0. The Labute approximate surface area is 163 Å². The molecule has 0 atom stereocenters. The Balaban J connectivity index is 1.56. The third-order valence-corrected chi connectivity index (χ3v) is 4.72. The van der Waals surface area contributed by atoms with Crippen molar-refractivity contribution in [2.24, 2.45) is 5.10 Å². The SMILES string of the molecule is COc1ccc(CC(=O)NN=Cc2c3ccccc3cc3ccccc23)cc1. The first-order valence-electron chi connectivity index (χ1n) is 9.10. The number of rotatable bonds is 5. The molecule has 0 bridgehead atoms. The van der Waals surface area contributed by atoms with Crippen LogP contribution in [0.25, 0.3) is 21.5 Å². The van der Waals surface area contributed by atoms with Crippen LogP contribution < -0.4 is 10.2 Å². The van der Waals surface area contributed by atoms with Crippen LogP contribution in [0.4, 0.5) is 0 Å². The molecule has 0 aromatic heterocycles. The van der Waals surface area contributed by atoms with Gasteiger partial charge in [-0.05, 0) is 45.3 Å². The van der Waals surface area contributed by atoms with Gasteiger partial charge in [0.15, 0.2) is 0 Å². The first-order valence-corrected chi connectivity index (χ1v) is 9.10. The highest BCUT2D eigenvalue weighted by atomic mass is 16.5. The molecule has 0 radical (unpaired) electrons. The van der Waals surface area contributed by atoms with E-state index in [1.54, 1.807) is 13.3 Å². The van der Waals surface area contributed by atoms with Crippen LogP contribution >= 0.6 is 0 Å². The summed E-state index contributed by atoms with van der Waals surface area (Å²) < 4.78 is 5.13. The van der Waals surface area contributed by atoms with Crippen molar-refractivity contribution in [2.75, 3.05) is 7.11 Å². The smallest absolute Gasteiger partial charge is 0.244 e. The molecule has 4 aromatic rings. The lowest BCUT2D eigenvalue weighted by atomic mass is 9.97. The fraction of sp³-hybridized carbons (Fsp3) is 0.0833. The molecule has 138 valence electrons. The zero-order valence-electron chi connectivity index (χ0n) is 15.6. The molecule has 0 spiro atoms. The zero-order valence-corrected chi connectivity index (χ0v) is 15.6. The van der Waals surface area contributed by atoms with Crippen molar-refractivity contribution in [2.45, 2.75) is 6.42 Å². The molecule has 4 heteroatoms. The van der Waals surface area contributed by atoms with Crippen molar-refractivity contribution in [3.63, 3.8) is 0 Å². The van der Waals surface area contributed by atoms with Crippen LogP contribution in [0.5, 0.6) is 5.75 Å². The molecule has 0 aliphatic heterocycles. The molecule has 0 aliphatic carbocycles. The van der Waals surface area contributed by atoms with Crippen LogP contribution in [0.3, 0.4) is 0 Å². The number of fused-ring (bicyclic) bond motifs is 2. The normalized spacial score (nSPS) is 11.2. The van der Waals surface area contributed by atoms with Gasteiger partial charge in [0.05, 0.1) is 19.7 Å². The van der Waals surface area contributed by atoms with Crippen LogP contribution in [0.15, 0.2) is 84.0 Å². The number of methoxy groups -OCH3 is 1. The summed E-state index contributed by atoms with van der Waals surface area (Å²) in [5, 5.41) is 8.73. The molecule has 0 fully saturated rings. The average Bonchev–Trinajstić information content (AvgIpc) is 2.74. The predicted molar refractivity (Wildman–Crippen MR) is 114 cm³/mol. The molecule has 0 saturated heterocycles. The molecule has 1 amide bonds. The average molecular weight is 368 g/mol. The summed E-state index contributed by atoms with van der Waals surface area (Å²) in [4.78, 5) is 12.2. The van der Waals surface area contributed by atoms with Crippen molar-refractivity contribution >= 4 is 33.7 Å². The van der Waals surface area contributed by atoms with E-state index in [0.29, 0.717) is 0 Å². The minimum absolute atomic E-state index is 0.161. The summed E-state index contributed by atoms with van der Waals surface area (Å²) in [6, 6.07) is 26.0. The van der Waals surface area contributed by atoms with Gasteiger partial charge in [-0.2, -0.15) is 5.10 Å². The molecule has 4 aromatic carbocycles. The van der Waals surface area contributed by atoms with E-state index in [9.17, 15) is 4.79 Å². The van der Waals surface area contributed by atoms with E-state index in [1.165, 1.54) is 0 Å². The lowest BCUT2D eigenvalue weighted by Crippen LogP contribution is -2.19. The maximum absolute atomic E-state index is 12.2. The van der Waals surface area contributed by atoms with E-state index >= 15 is 0 Å². The quantitative estimate of drug-likeness (QED) is 0.315. The highest BCUT2D eigenvalue weighted by Crippen LogP contribution is 2.27. The number of amides is 1. The Morgan fingerprint density at radius 2 is 1.54 bits per heavy atom. The third kappa shape index (κ3) is 3.71. The second kappa shape index (κ2) is 7.92. The van der Waals surface area contributed by atoms with E-state index in [0.717, 1.165) is 38.4 Å². The van der Waals surface area contributed by atoms with Gasteiger partial charge in [-0.3, -0.25) is 4.79 Å². The van der Waals surface area contributed by atoms with Crippen LogP contribution in [0.1, 0.15) is 11.1 Å². The van der Waals surface area contributed by atoms with E-state index in [1.807, 2.05) is 48.5 Å². The largest absolute Gasteiger partial charge is 0.497 e. The number of benzene rings is 4. The first kappa shape index (κ1) is 17.7. The highest BCUT2D eigenvalue weighted by molar-refractivity contribution is 6.13. The van der Waals surface area contributed by atoms with Gasteiger partial charge in [0.25, 0.3) is 0 Å². The van der Waals surface area contributed by atoms with E-state index < -0.39 is 0 Å². The van der Waals surface area contributed by atoms with Crippen molar-refractivity contribution in [1.29, 1.82) is 0 Å². The van der Waals surface area contributed by atoms with Crippen molar-refractivity contribution in [1.82, 2.24) is 5.43 Å². The minimum Gasteiger partial charge on any atom is -0.497 e. The number of hydrogen-bond acceptors (Lipinski definition) is 3. The number of nitrogens with zero attached hydrogens (tertiary/aromatic N) is 1. The Morgan fingerprint density at radius 3 is 2.14 bits per heavy atom. The fourth-order valence-electron chi connectivity index (χ4n) is 3.33. The summed E-state index contributed by atoms with van der Waals surface area (Å²) in [5.74, 6) is 0.607. The van der Waals surface area contributed by atoms with Crippen LogP contribution in [0, 0.1) is 0 Å². The van der Waals surface area contributed by atoms with Gasteiger partial charge in [-0.1, -0.05) is 60.7 Å². The van der Waals surface area contributed by atoms with Crippen molar-refractivity contribution < 1.29 is 9.53 Å². The Morgan fingerprint density at radius 1 is 0.929 bits per heavy atom. The minimum atomic E-state index is -0.161. The number of hydrazone groups is 1. The topological polar surface area (TPSA) is 50.7 Å². The molecule has 1 N–H and O–H groups in total. The maximum Gasteiger partial charge on any atom is 0.244 e. The van der Waals surface area contributed by atoms with Gasteiger partial charge >= 0.3 is 0 Å². The highest BCUT2D eigenvalue weighted by Gasteiger charge is 2.06. The number of hydrogen-bond donors (Lipinski definition) is 1. The van der Waals surface area contributed by atoms with Crippen LogP contribution in [0.2, 0.25) is 0 Å². The maximum atomic E-state index is 12.2. The molecular formula is C24H20N2O2. The van der Waals surface area contributed by atoms with Crippen molar-refractivity contribution in [3.8, 4) is 5.75 Å². The van der Waals surface area contributed by atoms with Gasteiger partial charge in [0.1, 0.15) is 5.75 Å². The summed E-state index contributed by atoms with van der Waals surface area (Å²) >= 11 is 0. The number of carbonyl (C=O) groups excluding carboxylic acids is 1.